The second-order valence-corrected chi connectivity index (χ2v) is 4.24. The van der Waals surface area contributed by atoms with Crippen LogP contribution in [0.2, 0.25) is 0 Å². The van der Waals surface area contributed by atoms with Crippen molar-refractivity contribution in [2.75, 3.05) is 0 Å². The van der Waals surface area contributed by atoms with E-state index in [0.29, 0.717) is 17.2 Å². The van der Waals surface area contributed by atoms with E-state index >= 15 is 0 Å². The zero-order valence-electron chi connectivity index (χ0n) is 10.1. The van der Waals surface area contributed by atoms with Crippen LogP contribution in [-0.2, 0) is 0 Å². The minimum atomic E-state index is 0.149. The van der Waals surface area contributed by atoms with Gasteiger partial charge in [0, 0.05) is 10.5 Å². The first-order chi connectivity index (χ1) is 8.67. The van der Waals surface area contributed by atoms with Gasteiger partial charge in [-0.25, -0.2) is 4.98 Å². The minimum absolute atomic E-state index is 0.149. The summed E-state index contributed by atoms with van der Waals surface area (Å²) >= 11 is 0. The summed E-state index contributed by atoms with van der Waals surface area (Å²) in [5.41, 5.74) is 11.3. The summed E-state index contributed by atoms with van der Waals surface area (Å²) < 4.78 is 0. The molecule has 0 aromatic rings. The van der Waals surface area contributed by atoms with Crippen LogP contribution in [0.3, 0.4) is 0 Å². The van der Waals surface area contributed by atoms with Gasteiger partial charge in [0.15, 0.2) is 0 Å². The molecule has 2 aliphatic rings. The molecule has 5 nitrogen and oxygen atoms in total. The molecule has 0 saturated heterocycles. The highest BCUT2D eigenvalue weighted by molar-refractivity contribution is 5.77. The summed E-state index contributed by atoms with van der Waals surface area (Å²) in [5.74, 6) is 0.501. The van der Waals surface area contributed by atoms with Gasteiger partial charge in [0.25, 0.3) is 0 Å². The fourth-order valence-electron chi connectivity index (χ4n) is 1.80. The van der Waals surface area contributed by atoms with Gasteiger partial charge in [-0.1, -0.05) is 26.0 Å². The molecular weight excluding hydrogens is 226 g/mol. The highest BCUT2D eigenvalue weighted by Crippen LogP contribution is 2.33. The van der Waals surface area contributed by atoms with Crippen molar-refractivity contribution < 1.29 is 0 Å². The average molecular weight is 237 g/mol. The van der Waals surface area contributed by atoms with Crippen LogP contribution in [0.15, 0.2) is 29.4 Å². The summed E-state index contributed by atoms with van der Waals surface area (Å²) in [5, 5.41) is 12.6. The largest absolute Gasteiger partial charge is 0.245 e. The maximum absolute atomic E-state index is 9.17. The molecule has 0 spiro atoms. The molecule has 18 heavy (non-hydrogen) atoms. The topological polar surface area (TPSA) is 85.4 Å². The lowest BCUT2D eigenvalue weighted by Crippen LogP contribution is -1.84. The van der Waals surface area contributed by atoms with E-state index in [0.717, 1.165) is 11.1 Å². The van der Waals surface area contributed by atoms with Crippen molar-refractivity contribution in [1.29, 1.82) is 5.26 Å². The number of azide groups is 1. The Morgan fingerprint density at radius 3 is 2.83 bits per heavy atom. The predicted molar refractivity (Wildman–Crippen MR) is 68.5 cm³/mol. The van der Waals surface area contributed by atoms with E-state index in [4.69, 9.17) is 10.8 Å². The standard InChI is InChI=1S/C13H11N5/c1-8(2)9-4-3-5-12-10(6-9)11(7-14)13(16-12)17-18-15/h3-6,8H,1-2H3. The molecule has 1 aliphatic heterocycles. The predicted octanol–water partition coefficient (Wildman–Crippen LogP) is 4.12. The lowest BCUT2D eigenvalue weighted by atomic mass is 10.0. The van der Waals surface area contributed by atoms with Crippen molar-refractivity contribution in [3.8, 4) is 17.3 Å². The summed E-state index contributed by atoms with van der Waals surface area (Å²) in [4.78, 5) is 6.87. The molecule has 5 heteroatoms. The monoisotopic (exact) mass is 237 g/mol. The van der Waals surface area contributed by atoms with E-state index in [1.807, 2.05) is 24.3 Å². The van der Waals surface area contributed by atoms with E-state index < -0.39 is 0 Å². The Bertz CT molecular complexity index is 647. The summed E-state index contributed by atoms with van der Waals surface area (Å²) in [7, 11) is 0. The molecule has 88 valence electrons. The first-order valence-electron chi connectivity index (χ1n) is 5.56. The highest BCUT2D eigenvalue weighted by atomic mass is 15.2. The Labute approximate surface area is 105 Å². The quantitative estimate of drug-likeness (QED) is 0.446. The number of hydrogen-bond donors (Lipinski definition) is 0. The van der Waals surface area contributed by atoms with E-state index in [-0.39, 0.29) is 5.82 Å². The molecule has 2 rings (SSSR count). The van der Waals surface area contributed by atoms with Crippen molar-refractivity contribution in [2.24, 2.45) is 5.11 Å². The second-order valence-electron chi connectivity index (χ2n) is 4.24. The maximum Gasteiger partial charge on any atom is 0.145 e. The average Bonchev–Trinajstić information content (AvgIpc) is 2.53. The third-order valence-corrected chi connectivity index (χ3v) is 2.77. The Hall–Kier alpha value is -2.57. The third kappa shape index (κ3) is 1.97. The van der Waals surface area contributed by atoms with Crippen LogP contribution in [-0.4, -0.2) is 4.98 Å². The normalized spacial score (nSPS) is 10.1. The van der Waals surface area contributed by atoms with Gasteiger partial charge in [0.05, 0.1) is 11.3 Å². The summed E-state index contributed by atoms with van der Waals surface area (Å²) in [6, 6.07) is 9.70. The summed E-state index contributed by atoms with van der Waals surface area (Å²) in [6.45, 7) is 4.16. The number of hydrogen-bond acceptors (Lipinski definition) is 3. The van der Waals surface area contributed by atoms with Crippen LogP contribution < -0.4 is 0 Å². The molecule has 0 aromatic heterocycles. The highest BCUT2D eigenvalue weighted by Gasteiger charge is 2.16. The number of fused-ring (bicyclic) bond motifs is 1. The molecule has 0 radical (unpaired) electrons. The Morgan fingerprint density at radius 2 is 2.22 bits per heavy atom. The van der Waals surface area contributed by atoms with Crippen LogP contribution >= 0.6 is 0 Å². The van der Waals surface area contributed by atoms with Gasteiger partial charge in [-0.2, -0.15) is 5.26 Å². The van der Waals surface area contributed by atoms with Gasteiger partial charge in [-0.3, -0.25) is 0 Å². The second kappa shape index (κ2) is 4.74. The smallest absolute Gasteiger partial charge is 0.145 e. The van der Waals surface area contributed by atoms with Gasteiger partial charge in [0.2, 0.25) is 0 Å². The van der Waals surface area contributed by atoms with Crippen LogP contribution in [0.1, 0.15) is 30.9 Å². The fraction of sp³-hybridized carbons (Fsp3) is 0.231. The molecular formula is C13H11N5. The minimum Gasteiger partial charge on any atom is -0.245 e. The van der Waals surface area contributed by atoms with E-state index in [2.05, 4.69) is 34.9 Å². The lowest BCUT2D eigenvalue weighted by Gasteiger charge is -2.01. The molecule has 1 aliphatic carbocycles. The van der Waals surface area contributed by atoms with Gasteiger partial charge in [-0.15, -0.1) is 0 Å². The number of nitriles is 1. The van der Waals surface area contributed by atoms with Crippen molar-refractivity contribution in [2.45, 2.75) is 19.8 Å². The molecule has 0 saturated carbocycles. The van der Waals surface area contributed by atoms with Gasteiger partial charge < -0.3 is 0 Å². The number of aromatic nitrogens is 1. The Morgan fingerprint density at radius 1 is 1.44 bits per heavy atom. The zero-order valence-corrected chi connectivity index (χ0v) is 10.1. The molecule has 0 unspecified atom stereocenters. The molecule has 0 atom stereocenters. The Kier molecular flexibility index (Phi) is 3.13. The maximum atomic E-state index is 9.17. The first kappa shape index (κ1) is 11.9. The SMILES string of the molecule is CC(C)c1cccc2nc(N=[N+]=[N-])c(C#N)c-2c1. The van der Waals surface area contributed by atoms with Crippen LogP contribution in [0, 0.1) is 11.3 Å². The van der Waals surface area contributed by atoms with Crippen molar-refractivity contribution in [3.63, 3.8) is 0 Å². The van der Waals surface area contributed by atoms with E-state index in [1.165, 1.54) is 0 Å². The number of rotatable bonds is 2. The van der Waals surface area contributed by atoms with E-state index in [9.17, 15) is 0 Å². The van der Waals surface area contributed by atoms with Crippen LogP contribution in [0.5, 0.6) is 0 Å². The summed E-state index contributed by atoms with van der Waals surface area (Å²) in [6.07, 6.45) is 0. The molecule has 1 heterocycles. The number of nitrogens with zero attached hydrogens (tertiary/aromatic N) is 5. The first-order valence-corrected chi connectivity index (χ1v) is 5.56. The zero-order chi connectivity index (χ0) is 13.1. The molecule has 0 N–H and O–H groups in total. The Balaban J connectivity index is 2.77. The fourth-order valence-corrected chi connectivity index (χ4v) is 1.80. The van der Waals surface area contributed by atoms with Gasteiger partial charge in [0.1, 0.15) is 11.9 Å². The molecule has 0 bridgehead atoms. The van der Waals surface area contributed by atoms with E-state index in [1.54, 1.807) is 0 Å². The lowest BCUT2D eigenvalue weighted by molar-refractivity contribution is 0.869. The third-order valence-electron chi connectivity index (χ3n) is 2.77. The van der Waals surface area contributed by atoms with Crippen LogP contribution in [0.4, 0.5) is 5.82 Å². The van der Waals surface area contributed by atoms with Crippen LogP contribution in [0.25, 0.3) is 21.7 Å². The van der Waals surface area contributed by atoms with Gasteiger partial charge >= 0.3 is 0 Å². The van der Waals surface area contributed by atoms with Crippen molar-refractivity contribution >= 4 is 5.82 Å². The molecule has 0 fully saturated rings. The molecule has 0 aromatic carbocycles. The van der Waals surface area contributed by atoms with Gasteiger partial charge in [-0.05, 0) is 34.3 Å². The molecule has 0 amide bonds. The van der Waals surface area contributed by atoms with Crippen molar-refractivity contribution in [1.82, 2.24) is 4.98 Å². The van der Waals surface area contributed by atoms with Crippen molar-refractivity contribution in [3.05, 3.63) is 45.8 Å².